The Morgan fingerprint density at radius 2 is 2.21 bits per heavy atom. The summed E-state index contributed by atoms with van der Waals surface area (Å²) in [5.41, 5.74) is 0. The second-order valence-electron chi connectivity index (χ2n) is 5.27. The van der Waals surface area contributed by atoms with Crippen molar-refractivity contribution in [2.45, 2.75) is 58.1 Å². The highest BCUT2D eigenvalue weighted by Crippen LogP contribution is 2.34. The highest BCUT2D eigenvalue weighted by Gasteiger charge is 2.32. The lowest BCUT2D eigenvalue weighted by atomic mass is 10.1. The molecule has 0 amide bonds. The zero-order chi connectivity index (χ0) is 13.7. The van der Waals surface area contributed by atoms with Crippen LogP contribution in [0.15, 0.2) is 4.52 Å². The monoisotopic (exact) mass is 267 g/mol. The average Bonchev–Trinajstić information content (AvgIpc) is 3.16. The SMILES string of the molecule is CCCC(OC)c1noc(CC(NCC)C2CC2)n1. The van der Waals surface area contributed by atoms with Gasteiger partial charge in [-0.05, 0) is 31.7 Å². The predicted octanol–water partition coefficient (Wildman–Crippen LogP) is 2.49. The Balaban J connectivity index is 1.95. The molecule has 1 N–H and O–H groups in total. The van der Waals surface area contributed by atoms with E-state index in [1.807, 2.05) is 0 Å². The quantitative estimate of drug-likeness (QED) is 0.745. The highest BCUT2D eigenvalue weighted by atomic mass is 16.5. The van der Waals surface area contributed by atoms with Crippen LogP contribution in [0.5, 0.6) is 0 Å². The fraction of sp³-hybridized carbons (Fsp3) is 0.857. The highest BCUT2D eigenvalue weighted by molar-refractivity contribution is 4.97. The van der Waals surface area contributed by atoms with Crippen LogP contribution in [0.3, 0.4) is 0 Å². The number of hydrogen-bond acceptors (Lipinski definition) is 5. The molecule has 19 heavy (non-hydrogen) atoms. The third-order valence-corrected chi connectivity index (χ3v) is 3.66. The van der Waals surface area contributed by atoms with Gasteiger partial charge < -0.3 is 14.6 Å². The van der Waals surface area contributed by atoms with Crippen molar-refractivity contribution in [3.8, 4) is 0 Å². The molecule has 0 radical (unpaired) electrons. The van der Waals surface area contributed by atoms with Gasteiger partial charge in [-0.25, -0.2) is 0 Å². The van der Waals surface area contributed by atoms with Gasteiger partial charge in [-0.15, -0.1) is 0 Å². The van der Waals surface area contributed by atoms with E-state index in [2.05, 4.69) is 29.3 Å². The molecular formula is C14H25N3O2. The van der Waals surface area contributed by atoms with E-state index < -0.39 is 0 Å². The summed E-state index contributed by atoms with van der Waals surface area (Å²) in [7, 11) is 1.70. The summed E-state index contributed by atoms with van der Waals surface area (Å²) in [5, 5.41) is 7.57. The van der Waals surface area contributed by atoms with Gasteiger partial charge in [0.15, 0.2) is 0 Å². The molecule has 5 heteroatoms. The van der Waals surface area contributed by atoms with E-state index in [0.717, 1.165) is 37.6 Å². The molecule has 5 nitrogen and oxygen atoms in total. The van der Waals surface area contributed by atoms with Gasteiger partial charge in [0.25, 0.3) is 0 Å². The maximum atomic E-state index is 5.40. The summed E-state index contributed by atoms with van der Waals surface area (Å²) in [6, 6.07) is 0.477. The molecule has 108 valence electrons. The Bertz CT molecular complexity index is 377. The molecule has 1 aliphatic carbocycles. The molecular weight excluding hydrogens is 242 g/mol. The lowest BCUT2D eigenvalue weighted by Crippen LogP contribution is -2.33. The Hall–Kier alpha value is -0.940. The lowest BCUT2D eigenvalue weighted by Gasteiger charge is -2.14. The third kappa shape index (κ3) is 4.01. The van der Waals surface area contributed by atoms with Gasteiger partial charge in [-0.1, -0.05) is 25.4 Å². The first kappa shape index (κ1) is 14.5. The van der Waals surface area contributed by atoms with Crippen molar-refractivity contribution in [3.05, 3.63) is 11.7 Å². The van der Waals surface area contributed by atoms with E-state index in [1.54, 1.807) is 7.11 Å². The zero-order valence-electron chi connectivity index (χ0n) is 12.2. The Morgan fingerprint density at radius 1 is 1.42 bits per heavy atom. The molecule has 1 aromatic heterocycles. The molecule has 1 saturated carbocycles. The molecule has 0 aromatic carbocycles. The fourth-order valence-corrected chi connectivity index (χ4v) is 2.45. The maximum absolute atomic E-state index is 5.40. The minimum Gasteiger partial charge on any atom is -0.373 e. The molecule has 2 atom stereocenters. The van der Waals surface area contributed by atoms with Gasteiger partial charge in [0, 0.05) is 19.6 Å². The maximum Gasteiger partial charge on any atom is 0.228 e. The second kappa shape index (κ2) is 7.01. The zero-order valence-corrected chi connectivity index (χ0v) is 12.2. The number of likely N-dealkylation sites (N-methyl/N-ethyl adjacent to an activating group) is 1. The van der Waals surface area contributed by atoms with Crippen molar-refractivity contribution < 1.29 is 9.26 Å². The van der Waals surface area contributed by atoms with Crippen LogP contribution in [0.25, 0.3) is 0 Å². The minimum absolute atomic E-state index is 0.0407. The van der Waals surface area contributed by atoms with Crippen LogP contribution < -0.4 is 5.32 Å². The molecule has 0 bridgehead atoms. The number of rotatable bonds is 9. The van der Waals surface area contributed by atoms with Gasteiger partial charge >= 0.3 is 0 Å². The molecule has 2 unspecified atom stereocenters. The second-order valence-corrected chi connectivity index (χ2v) is 5.27. The predicted molar refractivity (Wildman–Crippen MR) is 72.8 cm³/mol. The first-order valence-corrected chi connectivity index (χ1v) is 7.37. The van der Waals surface area contributed by atoms with Gasteiger partial charge in [0.05, 0.1) is 0 Å². The van der Waals surface area contributed by atoms with Crippen molar-refractivity contribution in [1.29, 1.82) is 0 Å². The standard InChI is InChI=1S/C14H25N3O2/c1-4-6-12(18-3)14-16-13(19-17-14)9-11(15-5-2)10-7-8-10/h10-12,15H,4-9H2,1-3H3. The van der Waals surface area contributed by atoms with Crippen LogP contribution in [0.4, 0.5) is 0 Å². The number of hydrogen-bond donors (Lipinski definition) is 1. The smallest absolute Gasteiger partial charge is 0.228 e. The molecule has 1 aromatic rings. The lowest BCUT2D eigenvalue weighted by molar-refractivity contribution is 0.0854. The number of methoxy groups -OCH3 is 1. The summed E-state index contributed by atoms with van der Waals surface area (Å²) in [6.45, 7) is 5.25. The third-order valence-electron chi connectivity index (χ3n) is 3.66. The molecule has 2 rings (SSSR count). The van der Waals surface area contributed by atoms with Gasteiger partial charge in [0.1, 0.15) is 6.10 Å². The van der Waals surface area contributed by atoms with Crippen LogP contribution >= 0.6 is 0 Å². The first-order chi connectivity index (χ1) is 9.28. The van der Waals surface area contributed by atoms with E-state index in [-0.39, 0.29) is 6.10 Å². The Morgan fingerprint density at radius 3 is 2.79 bits per heavy atom. The first-order valence-electron chi connectivity index (χ1n) is 7.37. The van der Waals surface area contributed by atoms with E-state index in [4.69, 9.17) is 9.26 Å². The molecule has 1 fully saturated rings. The summed E-state index contributed by atoms with van der Waals surface area (Å²) in [6.07, 6.45) is 5.39. The van der Waals surface area contributed by atoms with Crippen LogP contribution in [-0.2, 0) is 11.2 Å². The van der Waals surface area contributed by atoms with Crippen molar-refractivity contribution in [2.24, 2.45) is 5.92 Å². The molecule has 0 spiro atoms. The Labute approximate surface area is 115 Å². The van der Waals surface area contributed by atoms with E-state index >= 15 is 0 Å². The number of nitrogens with zero attached hydrogens (tertiary/aromatic N) is 2. The van der Waals surface area contributed by atoms with Gasteiger partial charge in [-0.2, -0.15) is 4.98 Å². The number of nitrogens with one attached hydrogen (secondary N) is 1. The van der Waals surface area contributed by atoms with Crippen LogP contribution in [0.1, 0.15) is 57.3 Å². The van der Waals surface area contributed by atoms with Crippen molar-refractivity contribution in [2.75, 3.05) is 13.7 Å². The summed E-state index contributed by atoms with van der Waals surface area (Å²) >= 11 is 0. The molecule has 0 aliphatic heterocycles. The largest absolute Gasteiger partial charge is 0.373 e. The van der Waals surface area contributed by atoms with E-state index in [1.165, 1.54) is 12.8 Å². The van der Waals surface area contributed by atoms with Crippen LogP contribution in [0, 0.1) is 5.92 Å². The summed E-state index contributed by atoms with van der Waals surface area (Å²) < 4.78 is 10.8. The van der Waals surface area contributed by atoms with E-state index in [0.29, 0.717) is 11.9 Å². The summed E-state index contributed by atoms with van der Waals surface area (Å²) in [4.78, 5) is 4.49. The normalized spacial score (nSPS) is 18.5. The number of ether oxygens (including phenoxy) is 1. The van der Waals surface area contributed by atoms with Crippen LogP contribution in [0.2, 0.25) is 0 Å². The topological polar surface area (TPSA) is 60.2 Å². The van der Waals surface area contributed by atoms with Gasteiger partial charge in [0.2, 0.25) is 11.7 Å². The minimum atomic E-state index is -0.0407. The van der Waals surface area contributed by atoms with Crippen molar-refractivity contribution >= 4 is 0 Å². The summed E-state index contributed by atoms with van der Waals surface area (Å²) in [5.74, 6) is 2.19. The van der Waals surface area contributed by atoms with Crippen molar-refractivity contribution in [3.63, 3.8) is 0 Å². The average molecular weight is 267 g/mol. The van der Waals surface area contributed by atoms with E-state index in [9.17, 15) is 0 Å². The van der Waals surface area contributed by atoms with Gasteiger partial charge in [-0.3, -0.25) is 0 Å². The Kier molecular flexibility index (Phi) is 5.34. The van der Waals surface area contributed by atoms with Crippen LogP contribution in [-0.4, -0.2) is 29.8 Å². The molecule has 1 aliphatic rings. The number of aromatic nitrogens is 2. The molecule has 0 saturated heterocycles. The fourth-order valence-electron chi connectivity index (χ4n) is 2.45. The molecule has 1 heterocycles. The van der Waals surface area contributed by atoms with Crippen molar-refractivity contribution in [1.82, 2.24) is 15.5 Å².